The standard InChI is InChI=1S/C30H38F3N5O10S4/c1-14(39)35-20(10-49)28(46)52-13-23(38(5,6)17(4)42)26(44)48-24-9-18(30(31,32)33)7-8-19(24)27(45)50-12-22(37-16(3)41)29(47)51-11-21(25(34)43)36-15(2)40/h7-9,20-23H,10-13H2,1-6H3,(H5-,34,35,36,37,39,40,41,43,49)/p+1. The van der Waals surface area contributed by atoms with E-state index in [0.29, 0.717) is 47.4 Å². The van der Waals surface area contributed by atoms with E-state index < -0.39 is 114 Å². The highest BCUT2D eigenvalue weighted by Gasteiger charge is 2.42. The van der Waals surface area contributed by atoms with E-state index in [1.807, 2.05) is 0 Å². The summed E-state index contributed by atoms with van der Waals surface area (Å²) in [5, 5.41) is 4.63. The maximum atomic E-state index is 13.7. The first kappa shape index (κ1) is 46.4. The number of halogens is 3. The van der Waals surface area contributed by atoms with E-state index in [4.69, 9.17) is 10.5 Å². The number of hydrogen-bond donors (Lipinski definition) is 5. The van der Waals surface area contributed by atoms with Gasteiger partial charge in [0, 0.05) is 38.0 Å². The van der Waals surface area contributed by atoms with Gasteiger partial charge in [-0.25, -0.2) is 9.59 Å². The van der Waals surface area contributed by atoms with Gasteiger partial charge in [-0.05, 0) is 18.2 Å². The molecule has 4 unspecified atom stereocenters. The molecule has 288 valence electrons. The number of amides is 5. The normalized spacial score (nSPS) is 13.8. The number of thioether (sulfide) groups is 3. The fourth-order valence-electron chi connectivity index (χ4n) is 3.91. The van der Waals surface area contributed by atoms with Gasteiger partial charge in [-0.3, -0.25) is 38.0 Å². The Hall–Kier alpha value is -3.60. The SMILES string of the molecule is CC(=O)NC(CSC(=O)C(CSC(=O)c1ccc(C(F)(F)F)cc1OC(=O)C(CSC(=O)C(CS)NC(C)=O)[N+](C)(C)C(C)=O)NC(C)=O)C(N)=O. The smallest absolute Gasteiger partial charge is 0.416 e. The topological polar surface area (TPSA) is 225 Å². The molecule has 1 rings (SSSR count). The van der Waals surface area contributed by atoms with E-state index in [9.17, 15) is 56.3 Å². The molecule has 5 N–H and O–H groups in total. The highest BCUT2D eigenvalue weighted by atomic mass is 32.2. The van der Waals surface area contributed by atoms with Gasteiger partial charge < -0.3 is 26.4 Å². The second kappa shape index (κ2) is 20.6. The first-order valence-electron chi connectivity index (χ1n) is 14.9. The number of esters is 1. The van der Waals surface area contributed by atoms with Crippen LogP contribution in [-0.2, 0) is 44.5 Å². The fraction of sp³-hybridized carbons (Fsp3) is 0.500. The lowest BCUT2D eigenvalue weighted by molar-refractivity contribution is -0.827. The number of nitrogens with two attached hydrogens (primary N) is 1. The quantitative estimate of drug-likeness (QED) is 0.0640. The van der Waals surface area contributed by atoms with Crippen molar-refractivity contribution in [3.63, 3.8) is 0 Å². The van der Waals surface area contributed by atoms with Gasteiger partial charge in [0.2, 0.25) is 45.0 Å². The second-order valence-corrected chi connectivity index (χ2v) is 14.8. The number of carbonyl (C=O) groups excluding carboxylic acids is 9. The predicted octanol–water partition coefficient (Wildman–Crippen LogP) is 0.925. The maximum absolute atomic E-state index is 13.7. The molecule has 0 spiro atoms. The van der Waals surface area contributed by atoms with Gasteiger partial charge in [-0.2, -0.15) is 25.8 Å². The number of benzene rings is 1. The van der Waals surface area contributed by atoms with E-state index in [2.05, 4.69) is 28.6 Å². The minimum absolute atomic E-state index is 0.100. The summed E-state index contributed by atoms with van der Waals surface area (Å²) in [6.07, 6.45) is -4.95. The molecule has 0 radical (unpaired) electrons. The number of ether oxygens (including phenoxy) is 1. The molecule has 0 saturated carbocycles. The number of hydrogen-bond acceptors (Lipinski definition) is 14. The average Bonchev–Trinajstić information content (AvgIpc) is 3.02. The van der Waals surface area contributed by atoms with Crippen molar-refractivity contribution in [2.75, 3.05) is 37.1 Å². The van der Waals surface area contributed by atoms with Gasteiger partial charge in [-0.15, -0.1) is 0 Å². The second-order valence-electron chi connectivity index (χ2n) is 11.4. The molecule has 22 heteroatoms. The minimum Gasteiger partial charge on any atom is -0.421 e. The Morgan fingerprint density at radius 3 is 1.75 bits per heavy atom. The van der Waals surface area contributed by atoms with Crippen molar-refractivity contribution in [2.45, 2.75) is 58.0 Å². The number of carbonyl (C=O) groups is 9. The zero-order valence-electron chi connectivity index (χ0n) is 28.8. The maximum Gasteiger partial charge on any atom is 0.416 e. The summed E-state index contributed by atoms with van der Waals surface area (Å²) in [7, 11) is 2.60. The number of nitrogens with zero attached hydrogens (tertiary/aromatic N) is 1. The van der Waals surface area contributed by atoms with Crippen molar-refractivity contribution < 1.29 is 65.5 Å². The van der Waals surface area contributed by atoms with Crippen LogP contribution in [0.1, 0.15) is 43.6 Å². The third-order valence-electron chi connectivity index (χ3n) is 6.99. The monoisotopic (exact) mass is 814 g/mol. The number of likely N-dealkylation sites (N-methyl/N-ethyl adjacent to an activating group) is 1. The molecule has 0 heterocycles. The van der Waals surface area contributed by atoms with Crippen LogP contribution >= 0.6 is 47.9 Å². The molecule has 52 heavy (non-hydrogen) atoms. The van der Waals surface area contributed by atoms with E-state index in [1.165, 1.54) is 21.0 Å². The van der Waals surface area contributed by atoms with Gasteiger partial charge in [0.15, 0.2) is 0 Å². The molecule has 0 aliphatic carbocycles. The summed E-state index contributed by atoms with van der Waals surface area (Å²) in [6.45, 7) is 4.51. The molecule has 5 amide bonds. The lowest BCUT2D eigenvalue weighted by atomic mass is 10.1. The number of rotatable bonds is 17. The number of thiol groups is 1. The summed E-state index contributed by atoms with van der Waals surface area (Å²) in [6, 6.07) is -3.46. The lowest BCUT2D eigenvalue weighted by Crippen LogP contribution is -2.58. The minimum atomic E-state index is -4.95. The Labute approximate surface area is 315 Å². The Morgan fingerprint density at radius 1 is 0.788 bits per heavy atom. The molecule has 0 aliphatic heterocycles. The largest absolute Gasteiger partial charge is 0.421 e. The molecule has 0 aromatic heterocycles. The molecule has 4 atom stereocenters. The zero-order chi connectivity index (χ0) is 40.1. The van der Waals surface area contributed by atoms with E-state index in [1.54, 1.807) is 0 Å². The van der Waals surface area contributed by atoms with Gasteiger partial charge in [0.25, 0.3) is 0 Å². The van der Waals surface area contributed by atoms with Crippen LogP contribution in [0, 0.1) is 0 Å². The molecular formula is C30H39F3N5O10S4+. The van der Waals surface area contributed by atoms with Crippen LogP contribution in [-0.4, -0.2) is 117 Å². The van der Waals surface area contributed by atoms with Crippen molar-refractivity contribution in [3.05, 3.63) is 29.3 Å². The van der Waals surface area contributed by atoms with Crippen molar-refractivity contribution in [2.24, 2.45) is 5.73 Å². The molecule has 15 nitrogen and oxygen atoms in total. The molecule has 0 fully saturated rings. The fourth-order valence-corrected chi connectivity index (χ4v) is 7.37. The van der Waals surface area contributed by atoms with Crippen LogP contribution in [0.3, 0.4) is 0 Å². The molecular weight excluding hydrogens is 776 g/mol. The molecule has 0 bridgehead atoms. The molecule has 1 aromatic rings. The van der Waals surface area contributed by atoms with Crippen molar-refractivity contribution in [1.82, 2.24) is 16.0 Å². The Morgan fingerprint density at radius 2 is 1.27 bits per heavy atom. The Balaban J connectivity index is 3.42. The Kier molecular flexibility index (Phi) is 18.4. The highest BCUT2D eigenvalue weighted by molar-refractivity contribution is 8.15. The zero-order valence-corrected chi connectivity index (χ0v) is 32.1. The van der Waals surface area contributed by atoms with E-state index in [-0.39, 0.29) is 11.5 Å². The predicted molar refractivity (Wildman–Crippen MR) is 191 cm³/mol. The first-order valence-corrected chi connectivity index (χ1v) is 18.5. The van der Waals surface area contributed by atoms with Crippen LogP contribution in [0.15, 0.2) is 18.2 Å². The van der Waals surface area contributed by atoms with Crippen LogP contribution in [0.4, 0.5) is 13.2 Å². The van der Waals surface area contributed by atoms with E-state index >= 15 is 0 Å². The summed E-state index contributed by atoms with van der Waals surface area (Å²) in [4.78, 5) is 112. The lowest BCUT2D eigenvalue weighted by Gasteiger charge is -2.32. The molecule has 1 aromatic carbocycles. The Bertz CT molecular complexity index is 1580. The van der Waals surface area contributed by atoms with Crippen molar-refractivity contribution in [1.29, 1.82) is 0 Å². The summed E-state index contributed by atoms with van der Waals surface area (Å²) in [5.74, 6) is -6.77. The highest BCUT2D eigenvalue weighted by Crippen LogP contribution is 2.35. The van der Waals surface area contributed by atoms with Crippen LogP contribution in [0.5, 0.6) is 5.75 Å². The van der Waals surface area contributed by atoms with Crippen LogP contribution < -0.4 is 26.4 Å². The molecule has 0 aliphatic rings. The van der Waals surface area contributed by atoms with Crippen LogP contribution in [0.2, 0.25) is 0 Å². The number of alkyl halides is 3. The molecule has 0 saturated heterocycles. The number of primary amides is 1. The number of quaternary nitrogens is 1. The summed E-state index contributed by atoms with van der Waals surface area (Å²) >= 11 is 5.49. The third kappa shape index (κ3) is 14.8. The third-order valence-corrected chi connectivity index (χ3v) is 10.5. The van der Waals surface area contributed by atoms with Crippen LogP contribution in [0.25, 0.3) is 0 Å². The summed E-state index contributed by atoms with van der Waals surface area (Å²) < 4.78 is 45.8. The average molecular weight is 815 g/mol. The van der Waals surface area contributed by atoms with Crippen molar-refractivity contribution in [3.8, 4) is 5.75 Å². The van der Waals surface area contributed by atoms with Gasteiger partial charge in [-0.1, -0.05) is 35.3 Å². The van der Waals surface area contributed by atoms with Gasteiger partial charge in [0.1, 0.15) is 23.9 Å². The van der Waals surface area contributed by atoms with E-state index in [0.717, 1.165) is 26.8 Å². The van der Waals surface area contributed by atoms with Gasteiger partial charge in [0.05, 0.1) is 37.9 Å². The van der Waals surface area contributed by atoms with Gasteiger partial charge >= 0.3 is 18.1 Å². The first-order chi connectivity index (χ1) is 23.9. The number of nitrogens with one attached hydrogen (secondary N) is 3. The summed E-state index contributed by atoms with van der Waals surface area (Å²) in [5.41, 5.74) is 3.41. The van der Waals surface area contributed by atoms with Crippen molar-refractivity contribution >= 4 is 98.8 Å².